The molecule has 0 unspecified atom stereocenters. The van der Waals surface area contributed by atoms with Crippen molar-refractivity contribution in [3.8, 4) is 5.75 Å². The van der Waals surface area contributed by atoms with E-state index in [1.165, 1.54) is 30.3 Å². The molecule has 6 heteroatoms. The van der Waals surface area contributed by atoms with Gasteiger partial charge in [-0.1, -0.05) is 6.07 Å². The maximum absolute atomic E-state index is 13.3. The second-order valence-electron chi connectivity index (χ2n) is 4.99. The van der Waals surface area contributed by atoms with E-state index in [2.05, 4.69) is 0 Å². The SMILES string of the molecule is CC(C)(Oc1ccc([N+](=O)[O-])cc1)c1ccc(F)c(F)c1. The molecule has 0 amide bonds. The highest BCUT2D eigenvalue weighted by atomic mass is 19.2. The Bertz CT molecular complexity index is 669. The van der Waals surface area contributed by atoms with Crippen molar-refractivity contribution < 1.29 is 18.4 Å². The fourth-order valence-electron chi connectivity index (χ4n) is 1.86. The normalized spacial score (nSPS) is 11.2. The predicted molar refractivity (Wildman–Crippen MR) is 73.1 cm³/mol. The second kappa shape index (κ2) is 5.47. The molecule has 110 valence electrons. The lowest BCUT2D eigenvalue weighted by atomic mass is 9.97. The van der Waals surface area contributed by atoms with Gasteiger partial charge in [-0.25, -0.2) is 8.78 Å². The van der Waals surface area contributed by atoms with Crippen molar-refractivity contribution in [2.24, 2.45) is 0 Å². The summed E-state index contributed by atoms with van der Waals surface area (Å²) in [6.45, 7) is 3.39. The van der Waals surface area contributed by atoms with E-state index in [0.717, 1.165) is 12.1 Å². The van der Waals surface area contributed by atoms with E-state index in [1.807, 2.05) is 0 Å². The lowest BCUT2D eigenvalue weighted by molar-refractivity contribution is -0.384. The Morgan fingerprint density at radius 3 is 2.19 bits per heavy atom. The first-order valence-corrected chi connectivity index (χ1v) is 6.18. The van der Waals surface area contributed by atoms with Crippen LogP contribution in [0.2, 0.25) is 0 Å². The molecule has 0 N–H and O–H groups in total. The zero-order valence-electron chi connectivity index (χ0n) is 11.5. The number of ether oxygens (including phenoxy) is 1. The number of hydrogen-bond donors (Lipinski definition) is 0. The second-order valence-corrected chi connectivity index (χ2v) is 4.99. The van der Waals surface area contributed by atoms with Gasteiger partial charge in [0.15, 0.2) is 11.6 Å². The standard InChI is InChI=1S/C15H13F2NO3/c1-15(2,10-3-8-13(16)14(17)9-10)21-12-6-4-11(5-7-12)18(19)20/h3-9H,1-2H3. The van der Waals surface area contributed by atoms with Crippen LogP contribution in [0, 0.1) is 21.7 Å². The molecular weight excluding hydrogens is 280 g/mol. The number of benzene rings is 2. The summed E-state index contributed by atoms with van der Waals surface area (Å²) >= 11 is 0. The Hall–Kier alpha value is -2.50. The highest BCUT2D eigenvalue weighted by Crippen LogP contribution is 2.29. The minimum atomic E-state index is -0.951. The Balaban J connectivity index is 2.23. The predicted octanol–water partition coefficient (Wildman–Crippen LogP) is 4.19. The van der Waals surface area contributed by atoms with Crippen molar-refractivity contribution in [2.45, 2.75) is 19.4 Å². The fourth-order valence-corrected chi connectivity index (χ4v) is 1.86. The molecule has 21 heavy (non-hydrogen) atoms. The van der Waals surface area contributed by atoms with E-state index < -0.39 is 22.2 Å². The van der Waals surface area contributed by atoms with Crippen LogP contribution in [0.5, 0.6) is 5.75 Å². The maximum Gasteiger partial charge on any atom is 0.269 e. The summed E-state index contributed by atoms with van der Waals surface area (Å²) in [5.41, 5.74) is -0.502. The van der Waals surface area contributed by atoms with Crippen LogP contribution < -0.4 is 4.74 Å². The minimum Gasteiger partial charge on any atom is -0.483 e. The van der Waals surface area contributed by atoms with Crippen LogP contribution >= 0.6 is 0 Å². The van der Waals surface area contributed by atoms with Crippen LogP contribution in [0.25, 0.3) is 0 Å². The van der Waals surface area contributed by atoms with Crippen LogP contribution in [0.4, 0.5) is 14.5 Å². The molecule has 0 aliphatic rings. The first kappa shape index (κ1) is 14.9. The van der Waals surface area contributed by atoms with E-state index in [-0.39, 0.29) is 5.69 Å². The van der Waals surface area contributed by atoms with Crippen LogP contribution in [-0.2, 0) is 5.60 Å². The number of nitro benzene ring substituents is 1. The summed E-state index contributed by atoms with van der Waals surface area (Å²) in [7, 11) is 0. The van der Waals surface area contributed by atoms with Gasteiger partial charge in [0.05, 0.1) is 4.92 Å². The number of nitro groups is 1. The molecule has 0 saturated heterocycles. The third kappa shape index (κ3) is 3.34. The Labute approximate surface area is 120 Å². The molecule has 0 bridgehead atoms. The molecule has 2 rings (SSSR count). The highest BCUT2D eigenvalue weighted by Gasteiger charge is 2.24. The summed E-state index contributed by atoms with van der Waals surface area (Å²) in [6, 6.07) is 9.09. The smallest absolute Gasteiger partial charge is 0.269 e. The highest BCUT2D eigenvalue weighted by molar-refractivity contribution is 5.37. The van der Waals surface area contributed by atoms with Gasteiger partial charge in [0.2, 0.25) is 0 Å². The molecule has 0 spiro atoms. The molecule has 0 aliphatic carbocycles. The molecule has 0 fully saturated rings. The first-order valence-electron chi connectivity index (χ1n) is 6.18. The molecule has 0 heterocycles. The largest absolute Gasteiger partial charge is 0.483 e. The number of rotatable bonds is 4. The van der Waals surface area contributed by atoms with Gasteiger partial charge in [0.1, 0.15) is 11.4 Å². The van der Waals surface area contributed by atoms with E-state index in [9.17, 15) is 18.9 Å². The Morgan fingerprint density at radius 1 is 1.05 bits per heavy atom. The molecule has 4 nitrogen and oxygen atoms in total. The zero-order valence-corrected chi connectivity index (χ0v) is 11.5. The van der Waals surface area contributed by atoms with Crippen LogP contribution in [0.3, 0.4) is 0 Å². The monoisotopic (exact) mass is 293 g/mol. The number of nitrogens with zero attached hydrogens (tertiary/aromatic N) is 1. The summed E-state index contributed by atoms with van der Waals surface area (Å²) < 4.78 is 31.9. The van der Waals surface area contributed by atoms with E-state index >= 15 is 0 Å². The maximum atomic E-state index is 13.3. The molecule has 0 atom stereocenters. The third-order valence-electron chi connectivity index (χ3n) is 3.04. The first-order chi connectivity index (χ1) is 9.79. The van der Waals surface area contributed by atoms with Crippen LogP contribution in [0.1, 0.15) is 19.4 Å². The lowest BCUT2D eigenvalue weighted by Gasteiger charge is -2.27. The Morgan fingerprint density at radius 2 is 1.67 bits per heavy atom. The van der Waals surface area contributed by atoms with Gasteiger partial charge in [-0.2, -0.15) is 0 Å². The number of non-ortho nitro benzene ring substituents is 1. The van der Waals surface area contributed by atoms with Crippen molar-refractivity contribution >= 4 is 5.69 Å². The fraction of sp³-hybridized carbons (Fsp3) is 0.200. The van der Waals surface area contributed by atoms with Crippen molar-refractivity contribution in [1.29, 1.82) is 0 Å². The molecule has 0 aliphatic heterocycles. The van der Waals surface area contributed by atoms with Gasteiger partial charge in [0, 0.05) is 12.1 Å². The van der Waals surface area contributed by atoms with E-state index in [1.54, 1.807) is 13.8 Å². The molecule has 0 radical (unpaired) electrons. The number of hydrogen-bond acceptors (Lipinski definition) is 3. The average molecular weight is 293 g/mol. The summed E-state index contributed by atoms with van der Waals surface area (Å²) in [5.74, 6) is -1.48. The van der Waals surface area contributed by atoms with E-state index in [0.29, 0.717) is 11.3 Å². The van der Waals surface area contributed by atoms with Crippen molar-refractivity contribution in [3.63, 3.8) is 0 Å². The summed E-state index contributed by atoms with van der Waals surface area (Å²) in [6.07, 6.45) is 0. The van der Waals surface area contributed by atoms with Crippen LogP contribution in [-0.4, -0.2) is 4.92 Å². The van der Waals surface area contributed by atoms with Gasteiger partial charge in [0.25, 0.3) is 5.69 Å². The summed E-state index contributed by atoms with van der Waals surface area (Å²) in [4.78, 5) is 10.1. The Kier molecular flexibility index (Phi) is 3.88. The van der Waals surface area contributed by atoms with Gasteiger partial charge in [-0.05, 0) is 43.7 Å². The summed E-state index contributed by atoms with van der Waals surface area (Å²) in [5, 5.41) is 10.6. The van der Waals surface area contributed by atoms with Crippen molar-refractivity contribution in [2.75, 3.05) is 0 Å². The molecule has 0 aromatic heterocycles. The quantitative estimate of drug-likeness (QED) is 0.627. The minimum absolute atomic E-state index is 0.0482. The topological polar surface area (TPSA) is 52.4 Å². The van der Waals surface area contributed by atoms with Gasteiger partial charge in [-0.3, -0.25) is 10.1 Å². The molecule has 2 aromatic rings. The van der Waals surface area contributed by atoms with Crippen LogP contribution in [0.15, 0.2) is 42.5 Å². The van der Waals surface area contributed by atoms with Gasteiger partial charge in [-0.15, -0.1) is 0 Å². The third-order valence-corrected chi connectivity index (χ3v) is 3.04. The lowest BCUT2D eigenvalue weighted by Crippen LogP contribution is -2.25. The van der Waals surface area contributed by atoms with E-state index in [4.69, 9.17) is 4.74 Å². The van der Waals surface area contributed by atoms with Crippen molar-refractivity contribution in [3.05, 3.63) is 69.8 Å². The van der Waals surface area contributed by atoms with Gasteiger partial charge < -0.3 is 4.74 Å². The van der Waals surface area contributed by atoms with Gasteiger partial charge >= 0.3 is 0 Å². The number of halogens is 2. The zero-order chi connectivity index (χ0) is 15.6. The molecular formula is C15H13F2NO3. The molecule has 2 aromatic carbocycles. The average Bonchev–Trinajstić information content (AvgIpc) is 2.42. The van der Waals surface area contributed by atoms with Crippen molar-refractivity contribution in [1.82, 2.24) is 0 Å². The molecule has 0 saturated carbocycles.